The van der Waals surface area contributed by atoms with Crippen LogP contribution < -0.4 is 5.32 Å². The van der Waals surface area contributed by atoms with E-state index in [4.69, 9.17) is 0 Å². The molecule has 120 valence electrons. The summed E-state index contributed by atoms with van der Waals surface area (Å²) in [5.41, 5.74) is 1.80. The number of rotatable bonds is 8. The average Bonchev–Trinajstić information content (AvgIpc) is 3.02. The van der Waals surface area contributed by atoms with E-state index in [1.165, 1.54) is 9.58 Å². The van der Waals surface area contributed by atoms with Gasteiger partial charge in [-0.05, 0) is 35.5 Å². The standard InChI is InChI=1S/C15H21FN4OS/c1-11(12-4-6-14(22-3)7-5-12)15(21-16)20-10-13(18-19-20)8-9-17-2/h4-7,10-11,15,17H,8-9H2,1-3H3/t11-,15?/m1/s1. The van der Waals surface area contributed by atoms with Crippen molar-refractivity contribution in [2.24, 2.45) is 0 Å². The Morgan fingerprint density at radius 2 is 2.09 bits per heavy atom. The van der Waals surface area contributed by atoms with Crippen LogP contribution in [0.5, 0.6) is 0 Å². The maximum Gasteiger partial charge on any atom is 0.197 e. The predicted molar refractivity (Wildman–Crippen MR) is 85.5 cm³/mol. The molecule has 0 amide bonds. The third-order valence-electron chi connectivity index (χ3n) is 3.61. The second kappa shape index (κ2) is 8.26. The van der Waals surface area contributed by atoms with Gasteiger partial charge in [0.1, 0.15) is 0 Å². The van der Waals surface area contributed by atoms with Crippen molar-refractivity contribution in [1.29, 1.82) is 0 Å². The molecular formula is C15H21FN4OS. The normalized spacial score (nSPS) is 14.0. The van der Waals surface area contributed by atoms with Crippen molar-refractivity contribution in [2.45, 2.75) is 30.4 Å². The Balaban J connectivity index is 2.13. The molecule has 1 N–H and O–H groups in total. The highest BCUT2D eigenvalue weighted by atomic mass is 32.2. The Labute approximate surface area is 134 Å². The lowest BCUT2D eigenvalue weighted by Crippen LogP contribution is -2.17. The van der Waals surface area contributed by atoms with E-state index < -0.39 is 6.23 Å². The number of halogens is 1. The molecule has 2 rings (SSSR count). The maximum atomic E-state index is 13.1. The lowest BCUT2D eigenvalue weighted by molar-refractivity contribution is -0.219. The summed E-state index contributed by atoms with van der Waals surface area (Å²) < 4.78 is 14.5. The fourth-order valence-corrected chi connectivity index (χ4v) is 2.63. The van der Waals surface area contributed by atoms with Gasteiger partial charge in [-0.1, -0.05) is 24.3 Å². The van der Waals surface area contributed by atoms with Crippen LogP contribution in [0.3, 0.4) is 0 Å². The topological polar surface area (TPSA) is 52.0 Å². The van der Waals surface area contributed by atoms with Crippen molar-refractivity contribution in [2.75, 3.05) is 19.8 Å². The Morgan fingerprint density at radius 1 is 1.36 bits per heavy atom. The van der Waals surface area contributed by atoms with Gasteiger partial charge in [0, 0.05) is 23.8 Å². The van der Waals surface area contributed by atoms with E-state index in [0.29, 0.717) is 0 Å². The third kappa shape index (κ3) is 4.06. The number of benzene rings is 1. The summed E-state index contributed by atoms with van der Waals surface area (Å²) in [7, 11) is 1.87. The van der Waals surface area contributed by atoms with Gasteiger partial charge in [0.15, 0.2) is 6.23 Å². The van der Waals surface area contributed by atoms with Gasteiger partial charge in [0.05, 0.1) is 11.9 Å². The van der Waals surface area contributed by atoms with Crippen molar-refractivity contribution < 1.29 is 9.47 Å². The molecule has 2 atom stereocenters. The molecule has 1 aromatic carbocycles. The minimum Gasteiger partial charge on any atom is -0.319 e. The summed E-state index contributed by atoms with van der Waals surface area (Å²) in [6, 6.07) is 8.01. The van der Waals surface area contributed by atoms with Gasteiger partial charge in [0.25, 0.3) is 0 Å². The fourth-order valence-electron chi connectivity index (χ4n) is 2.22. The SMILES string of the molecule is CNCCc1cn(C(OF)[C@H](C)c2ccc(SC)cc2)nn1. The molecule has 1 aromatic heterocycles. The molecule has 0 saturated carbocycles. The first-order valence-electron chi connectivity index (χ1n) is 7.16. The zero-order chi connectivity index (χ0) is 15.9. The van der Waals surface area contributed by atoms with Crippen LogP contribution in [-0.2, 0) is 11.4 Å². The van der Waals surface area contributed by atoms with Crippen LogP contribution in [0.1, 0.15) is 30.3 Å². The molecule has 0 bridgehead atoms. The maximum absolute atomic E-state index is 13.1. The summed E-state index contributed by atoms with van der Waals surface area (Å²) >= 11 is 1.67. The van der Waals surface area contributed by atoms with Gasteiger partial charge >= 0.3 is 0 Å². The van der Waals surface area contributed by atoms with Gasteiger partial charge in [0.2, 0.25) is 0 Å². The largest absolute Gasteiger partial charge is 0.319 e. The van der Waals surface area contributed by atoms with Gasteiger partial charge in [-0.3, -0.25) is 0 Å². The number of hydrogen-bond acceptors (Lipinski definition) is 5. The molecule has 0 radical (unpaired) electrons. The number of thioether (sulfide) groups is 1. The highest BCUT2D eigenvalue weighted by Crippen LogP contribution is 2.30. The van der Waals surface area contributed by atoms with E-state index in [1.54, 1.807) is 18.0 Å². The van der Waals surface area contributed by atoms with E-state index in [1.807, 2.05) is 44.5 Å². The molecule has 0 spiro atoms. The molecule has 22 heavy (non-hydrogen) atoms. The van der Waals surface area contributed by atoms with E-state index in [2.05, 4.69) is 20.6 Å². The van der Waals surface area contributed by atoms with E-state index in [-0.39, 0.29) is 5.92 Å². The van der Waals surface area contributed by atoms with Crippen LogP contribution >= 0.6 is 11.8 Å². The third-order valence-corrected chi connectivity index (χ3v) is 4.35. The molecule has 0 aliphatic carbocycles. The lowest BCUT2D eigenvalue weighted by Gasteiger charge is -2.20. The Hall–Kier alpha value is -1.44. The first-order valence-corrected chi connectivity index (χ1v) is 8.38. The molecule has 1 heterocycles. The summed E-state index contributed by atoms with van der Waals surface area (Å²) in [5, 5.41) is 11.1. The predicted octanol–water partition coefficient (Wildman–Crippen LogP) is 2.97. The van der Waals surface area contributed by atoms with Crippen molar-refractivity contribution >= 4 is 11.8 Å². The quantitative estimate of drug-likeness (QED) is 0.757. The molecule has 0 saturated heterocycles. The Bertz CT molecular complexity index is 575. The molecule has 0 aliphatic rings. The van der Waals surface area contributed by atoms with E-state index in [9.17, 15) is 4.53 Å². The van der Waals surface area contributed by atoms with E-state index in [0.717, 1.165) is 24.2 Å². The van der Waals surface area contributed by atoms with Crippen molar-refractivity contribution in [1.82, 2.24) is 20.3 Å². The van der Waals surface area contributed by atoms with Crippen molar-refractivity contribution in [3.63, 3.8) is 0 Å². The van der Waals surface area contributed by atoms with Crippen LogP contribution in [0.2, 0.25) is 0 Å². The monoisotopic (exact) mass is 324 g/mol. The zero-order valence-corrected chi connectivity index (χ0v) is 13.8. The minimum atomic E-state index is -0.823. The molecule has 1 unspecified atom stereocenters. The summed E-state index contributed by atoms with van der Waals surface area (Å²) in [6.07, 6.45) is 3.67. The van der Waals surface area contributed by atoms with Crippen molar-refractivity contribution in [3.8, 4) is 0 Å². The minimum absolute atomic E-state index is 0.181. The number of likely N-dealkylation sites (N-methyl/N-ethyl adjacent to an activating group) is 1. The van der Waals surface area contributed by atoms with E-state index >= 15 is 0 Å². The molecule has 7 heteroatoms. The van der Waals surface area contributed by atoms with Crippen LogP contribution in [0, 0.1) is 0 Å². The summed E-state index contributed by atoms with van der Waals surface area (Å²) in [6.45, 7) is 2.71. The smallest absolute Gasteiger partial charge is 0.197 e. The highest BCUT2D eigenvalue weighted by molar-refractivity contribution is 7.98. The lowest BCUT2D eigenvalue weighted by atomic mass is 10.00. The van der Waals surface area contributed by atoms with Crippen molar-refractivity contribution in [3.05, 3.63) is 41.7 Å². The first kappa shape index (κ1) is 16.9. The second-order valence-corrected chi connectivity index (χ2v) is 5.96. The van der Waals surface area contributed by atoms with Gasteiger partial charge < -0.3 is 5.32 Å². The fraction of sp³-hybridized carbons (Fsp3) is 0.467. The van der Waals surface area contributed by atoms with Crippen LogP contribution in [0.15, 0.2) is 35.4 Å². The van der Waals surface area contributed by atoms with Gasteiger partial charge in [-0.15, -0.1) is 16.9 Å². The van der Waals surface area contributed by atoms with Crippen LogP contribution in [0.25, 0.3) is 0 Å². The van der Waals surface area contributed by atoms with Crippen LogP contribution in [0.4, 0.5) is 4.53 Å². The number of aromatic nitrogens is 3. The average molecular weight is 324 g/mol. The Kier molecular flexibility index (Phi) is 6.35. The molecule has 0 aliphatic heterocycles. The molecular weight excluding hydrogens is 303 g/mol. The first-order chi connectivity index (χ1) is 10.7. The second-order valence-electron chi connectivity index (χ2n) is 5.08. The molecule has 0 fully saturated rings. The summed E-state index contributed by atoms with van der Waals surface area (Å²) in [5.74, 6) is -0.181. The Morgan fingerprint density at radius 3 is 2.68 bits per heavy atom. The van der Waals surface area contributed by atoms with Gasteiger partial charge in [-0.25, -0.2) is 4.68 Å². The molecule has 5 nitrogen and oxygen atoms in total. The van der Waals surface area contributed by atoms with Gasteiger partial charge in [-0.2, -0.15) is 4.94 Å². The summed E-state index contributed by atoms with van der Waals surface area (Å²) in [4.78, 5) is 5.34. The van der Waals surface area contributed by atoms with Crippen LogP contribution in [-0.4, -0.2) is 34.8 Å². The number of nitrogens with zero attached hydrogens (tertiary/aromatic N) is 3. The molecule has 2 aromatic rings. The highest BCUT2D eigenvalue weighted by Gasteiger charge is 2.24. The number of nitrogens with one attached hydrogen (secondary N) is 1. The number of hydrogen-bond donors (Lipinski definition) is 1. The zero-order valence-electron chi connectivity index (χ0n) is 13.0.